The third kappa shape index (κ3) is 3.60. The van der Waals surface area contributed by atoms with E-state index in [0.717, 1.165) is 12.1 Å². The molecular formula is C19H31NO. The van der Waals surface area contributed by atoms with Crippen LogP contribution in [0.25, 0.3) is 0 Å². The van der Waals surface area contributed by atoms with Gasteiger partial charge in [-0.15, -0.1) is 0 Å². The summed E-state index contributed by atoms with van der Waals surface area (Å²) < 4.78 is 0. The van der Waals surface area contributed by atoms with Gasteiger partial charge < -0.3 is 5.11 Å². The van der Waals surface area contributed by atoms with E-state index in [1.54, 1.807) is 0 Å². The number of hydrogen-bond donors (Lipinski definition) is 1. The van der Waals surface area contributed by atoms with Gasteiger partial charge in [0, 0.05) is 12.1 Å². The van der Waals surface area contributed by atoms with Gasteiger partial charge >= 0.3 is 0 Å². The summed E-state index contributed by atoms with van der Waals surface area (Å²) in [5, 5.41) is 10.5. The van der Waals surface area contributed by atoms with E-state index in [-0.39, 0.29) is 10.8 Å². The molecule has 1 heterocycles. The van der Waals surface area contributed by atoms with E-state index in [0.29, 0.717) is 5.75 Å². The molecule has 1 aliphatic heterocycles. The van der Waals surface area contributed by atoms with Gasteiger partial charge in [0.1, 0.15) is 5.75 Å². The minimum absolute atomic E-state index is 0.0381. The fourth-order valence-corrected chi connectivity index (χ4v) is 3.56. The van der Waals surface area contributed by atoms with Crippen LogP contribution >= 0.6 is 0 Å². The molecule has 0 amide bonds. The average molecular weight is 289 g/mol. The maximum absolute atomic E-state index is 10.5. The minimum Gasteiger partial charge on any atom is -0.508 e. The molecule has 1 N–H and O–H groups in total. The molecule has 0 aliphatic carbocycles. The summed E-state index contributed by atoms with van der Waals surface area (Å²) in [6, 6.07) is 4.02. The Balaban J connectivity index is 2.54. The van der Waals surface area contributed by atoms with Crippen LogP contribution in [0.4, 0.5) is 0 Å². The monoisotopic (exact) mass is 289 g/mol. The molecule has 1 aromatic carbocycles. The zero-order valence-electron chi connectivity index (χ0n) is 14.6. The van der Waals surface area contributed by atoms with Crippen molar-refractivity contribution in [3.05, 3.63) is 28.8 Å². The van der Waals surface area contributed by atoms with Crippen LogP contribution in [0, 0.1) is 0 Å². The van der Waals surface area contributed by atoms with E-state index in [1.807, 2.05) is 6.07 Å². The van der Waals surface area contributed by atoms with Gasteiger partial charge in [-0.2, -0.15) is 0 Å². The highest BCUT2D eigenvalue weighted by Crippen LogP contribution is 2.41. The first kappa shape index (κ1) is 16.4. The van der Waals surface area contributed by atoms with Crippen LogP contribution in [0.2, 0.25) is 0 Å². The summed E-state index contributed by atoms with van der Waals surface area (Å²) >= 11 is 0. The minimum atomic E-state index is -0.0479. The van der Waals surface area contributed by atoms with Gasteiger partial charge in [0.15, 0.2) is 0 Å². The largest absolute Gasteiger partial charge is 0.508 e. The fourth-order valence-electron chi connectivity index (χ4n) is 3.56. The van der Waals surface area contributed by atoms with Crippen LogP contribution in [0.1, 0.15) is 71.1 Å². The summed E-state index contributed by atoms with van der Waals surface area (Å²) in [6.07, 6.45) is 2.63. The van der Waals surface area contributed by atoms with Crippen molar-refractivity contribution in [3.8, 4) is 5.75 Å². The molecule has 2 rings (SSSR count). The maximum atomic E-state index is 10.5. The Morgan fingerprint density at radius 3 is 1.90 bits per heavy atom. The molecule has 1 aromatic rings. The Hall–Kier alpha value is -1.02. The van der Waals surface area contributed by atoms with Crippen LogP contribution in [0.15, 0.2) is 12.1 Å². The standard InChI is InChI=1S/C19H31NO/c1-18(2,3)16-14(13-20-11-7-8-12-20)9-10-15(21)17(16)19(4,5)6/h9-10,21H,7-8,11-13H2,1-6H3. The van der Waals surface area contributed by atoms with Gasteiger partial charge in [-0.25, -0.2) is 0 Å². The summed E-state index contributed by atoms with van der Waals surface area (Å²) in [4.78, 5) is 2.54. The Morgan fingerprint density at radius 1 is 0.905 bits per heavy atom. The molecular weight excluding hydrogens is 258 g/mol. The second-order valence-electron chi connectivity index (χ2n) is 8.48. The van der Waals surface area contributed by atoms with Crippen LogP contribution < -0.4 is 0 Å². The second kappa shape index (κ2) is 5.64. The first-order valence-electron chi connectivity index (χ1n) is 8.19. The number of benzene rings is 1. The lowest BCUT2D eigenvalue weighted by atomic mass is 9.72. The SMILES string of the molecule is CC(C)(C)c1c(O)ccc(CN2CCCC2)c1C(C)(C)C. The Morgan fingerprint density at radius 2 is 1.43 bits per heavy atom. The van der Waals surface area contributed by atoms with Gasteiger partial charge in [-0.05, 0) is 54.0 Å². The van der Waals surface area contributed by atoms with E-state index in [1.165, 1.54) is 37.1 Å². The van der Waals surface area contributed by atoms with Gasteiger partial charge in [-0.1, -0.05) is 47.6 Å². The number of rotatable bonds is 2. The van der Waals surface area contributed by atoms with Crippen molar-refractivity contribution < 1.29 is 5.11 Å². The normalized spacial score (nSPS) is 17.4. The Labute approximate surface area is 130 Å². The van der Waals surface area contributed by atoms with Crippen molar-refractivity contribution in [2.24, 2.45) is 0 Å². The van der Waals surface area contributed by atoms with Crippen molar-refractivity contribution in [1.29, 1.82) is 0 Å². The topological polar surface area (TPSA) is 23.5 Å². The molecule has 0 unspecified atom stereocenters. The van der Waals surface area contributed by atoms with Crippen LogP contribution in [-0.2, 0) is 17.4 Å². The number of aromatic hydroxyl groups is 1. The molecule has 0 saturated carbocycles. The maximum Gasteiger partial charge on any atom is 0.119 e. The summed E-state index contributed by atoms with van der Waals surface area (Å²) in [5.74, 6) is 0.442. The first-order valence-corrected chi connectivity index (χ1v) is 8.19. The average Bonchev–Trinajstić information content (AvgIpc) is 2.80. The van der Waals surface area contributed by atoms with E-state index in [9.17, 15) is 5.11 Å². The van der Waals surface area contributed by atoms with Crippen LogP contribution in [0.5, 0.6) is 5.75 Å². The lowest BCUT2D eigenvalue weighted by Gasteiger charge is -2.34. The Bertz CT molecular complexity index is 500. The quantitative estimate of drug-likeness (QED) is 0.861. The first-order chi connectivity index (χ1) is 9.60. The molecule has 0 bridgehead atoms. The highest BCUT2D eigenvalue weighted by atomic mass is 16.3. The number of hydrogen-bond acceptors (Lipinski definition) is 2. The third-order valence-electron chi connectivity index (χ3n) is 4.36. The van der Waals surface area contributed by atoms with Gasteiger partial charge in [0.2, 0.25) is 0 Å². The number of phenols is 1. The van der Waals surface area contributed by atoms with E-state index in [2.05, 4.69) is 52.5 Å². The lowest BCUT2D eigenvalue weighted by molar-refractivity contribution is 0.326. The van der Waals surface area contributed by atoms with Gasteiger partial charge in [0.25, 0.3) is 0 Å². The van der Waals surface area contributed by atoms with Crippen LogP contribution in [0.3, 0.4) is 0 Å². The van der Waals surface area contributed by atoms with Gasteiger partial charge in [0.05, 0.1) is 0 Å². The zero-order valence-corrected chi connectivity index (χ0v) is 14.6. The van der Waals surface area contributed by atoms with Crippen molar-refractivity contribution >= 4 is 0 Å². The molecule has 2 heteroatoms. The molecule has 0 spiro atoms. The molecule has 2 nitrogen and oxygen atoms in total. The van der Waals surface area contributed by atoms with Crippen molar-refractivity contribution in [2.45, 2.75) is 71.8 Å². The smallest absolute Gasteiger partial charge is 0.119 e. The van der Waals surface area contributed by atoms with E-state index in [4.69, 9.17) is 0 Å². The highest BCUT2D eigenvalue weighted by molar-refractivity contribution is 5.51. The number of phenolic OH excluding ortho intramolecular Hbond substituents is 1. The third-order valence-corrected chi connectivity index (χ3v) is 4.36. The predicted molar refractivity (Wildman–Crippen MR) is 90.0 cm³/mol. The number of nitrogens with zero attached hydrogens (tertiary/aromatic N) is 1. The predicted octanol–water partition coefficient (Wildman–Crippen LogP) is 4.58. The van der Waals surface area contributed by atoms with Crippen molar-refractivity contribution in [1.82, 2.24) is 4.90 Å². The summed E-state index contributed by atoms with van der Waals surface area (Å²) in [5.41, 5.74) is 3.82. The molecule has 118 valence electrons. The molecule has 1 aliphatic rings. The molecule has 0 atom stereocenters. The van der Waals surface area contributed by atoms with Crippen molar-refractivity contribution in [3.63, 3.8) is 0 Å². The molecule has 1 saturated heterocycles. The van der Waals surface area contributed by atoms with Gasteiger partial charge in [-0.3, -0.25) is 4.90 Å². The zero-order chi connectivity index (χ0) is 15.8. The number of likely N-dealkylation sites (tertiary alicyclic amines) is 1. The highest BCUT2D eigenvalue weighted by Gasteiger charge is 2.31. The van der Waals surface area contributed by atoms with Crippen molar-refractivity contribution in [2.75, 3.05) is 13.1 Å². The fraction of sp³-hybridized carbons (Fsp3) is 0.684. The second-order valence-corrected chi connectivity index (χ2v) is 8.48. The summed E-state index contributed by atoms with van der Waals surface area (Å²) in [6.45, 7) is 16.8. The molecule has 0 radical (unpaired) electrons. The summed E-state index contributed by atoms with van der Waals surface area (Å²) in [7, 11) is 0. The molecule has 0 aromatic heterocycles. The van der Waals surface area contributed by atoms with E-state index < -0.39 is 0 Å². The Kier molecular flexibility index (Phi) is 4.39. The van der Waals surface area contributed by atoms with Crippen LogP contribution in [-0.4, -0.2) is 23.1 Å². The molecule has 21 heavy (non-hydrogen) atoms. The molecule has 1 fully saturated rings. The van der Waals surface area contributed by atoms with E-state index >= 15 is 0 Å². The lowest BCUT2D eigenvalue weighted by Crippen LogP contribution is -2.27.